The molecule has 0 aliphatic carbocycles. The van der Waals surface area contributed by atoms with Crippen molar-refractivity contribution in [1.29, 1.82) is 0 Å². The van der Waals surface area contributed by atoms with E-state index >= 15 is 0 Å². The summed E-state index contributed by atoms with van der Waals surface area (Å²) in [6.45, 7) is 1.26. The van der Waals surface area contributed by atoms with Crippen molar-refractivity contribution in [2.45, 2.75) is 13.0 Å². The molecule has 5 nitrogen and oxygen atoms in total. The van der Waals surface area contributed by atoms with E-state index in [1.807, 2.05) is 0 Å². The van der Waals surface area contributed by atoms with Gasteiger partial charge in [0.15, 0.2) is 17.4 Å². The molecule has 0 bridgehead atoms. The van der Waals surface area contributed by atoms with Crippen molar-refractivity contribution >= 4 is 17.5 Å². The number of aliphatic hydroxyl groups excluding tert-OH is 1. The molecule has 7 heteroatoms. The summed E-state index contributed by atoms with van der Waals surface area (Å²) in [4.78, 5) is 22.9. The number of rotatable bonds is 5. The monoisotopic (exact) mass is 334 g/mol. The van der Waals surface area contributed by atoms with E-state index < -0.39 is 23.8 Å². The molecule has 1 atom stereocenters. The SMILES string of the molecule is CC(=O)c1ccc(NC(=O)NC[C@H](O)c2ccc(F)c(F)c2)cc1. The van der Waals surface area contributed by atoms with Crippen LogP contribution < -0.4 is 10.6 Å². The molecule has 0 aromatic heterocycles. The molecule has 0 saturated carbocycles. The van der Waals surface area contributed by atoms with Crippen LogP contribution in [0, 0.1) is 11.6 Å². The molecule has 126 valence electrons. The topological polar surface area (TPSA) is 78.4 Å². The van der Waals surface area contributed by atoms with Crippen molar-refractivity contribution in [3.8, 4) is 0 Å². The van der Waals surface area contributed by atoms with Gasteiger partial charge in [0.25, 0.3) is 0 Å². The molecule has 0 fully saturated rings. The highest BCUT2D eigenvalue weighted by molar-refractivity contribution is 5.95. The van der Waals surface area contributed by atoms with Gasteiger partial charge in [0.2, 0.25) is 0 Å². The van der Waals surface area contributed by atoms with Gasteiger partial charge in [-0.25, -0.2) is 13.6 Å². The zero-order valence-corrected chi connectivity index (χ0v) is 12.8. The number of carbonyl (C=O) groups is 2. The molecule has 2 aromatic carbocycles. The highest BCUT2D eigenvalue weighted by Gasteiger charge is 2.12. The molecule has 0 radical (unpaired) electrons. The predicted octanol–water partition coefficient (Wildman–Crippen LogP) is 3.02. The van der Waals surface area contributed by atoms with Gasteiger partial charge >= 0.3 is 6.03 Å². The third kappa shape index (κ3) is 4.60. The first-order valence-corrected chi connectivity index (χ1v) is 7.15. The van der Waals surface area contributed by atoms with Crippen LogP contribution in [0.15, 0.2) is 42.5 Å². The first kappa shape index (κ1) is 17.6. The molecule has 0 aliphatic heterocycles. The number of anilines is 1. The molecule has 2 aromatic rings. The Morgan fingerprint density at radius 2 is 1.75 bits per heavy atom. The molecular formula is C17H16F2N2O3. The summed E-state index contributed by atoms with van der Waals surface area (Å²) in [5, 5.41) is 14.8. The van der Waals surface area contributed by atoms with Gasteiger partial charge in [-0.1, -0.05) is 6.07 Å². The van der Waals surface area contributed by atoms with Gasteiger partial charge in [-0.05, 0) is 48.9 Å². The summed E-state index contributed by atoms with van der Waals surface area (Å²) in [5.74, 6) is -2.16. The van der Waals surface area contributed by atoms with Gasteiger partial charge in [0, 0.05) is 17.8 Å². The van der Waals surface area contributed by atoms with E-state index in [1.165, 1.54) is 13.0 Å². The fourth-order valence-corrected chi connectivity index (χ4v) is 1.99. The molecule has 2 rings (SSSR count). The number of halogens is 2. The summed E-state index contributed by atoms with van der Waals surface area (Å²) in [5.41, 5.74) is 1.15. The second kappa shape index (κ2) is 7.65. The number of carbonyl (C=O) groups excluding carboxylic acids is 2. The van der Waals surface area contributed by atoms with E-state index in [4.69, 9.17) is 0 Å². The molecule has 24 heavy (non-hydrogen) atoms. The van der Waals surface area contributed by atoms with E-state index in [0.717, 1.165) is 12.1 Å². The lowest BCUT2D eigenvalue weighted by Crippen LogP contribution is -2.32. The van der Waals surface area contributed by atoms with Crippen LogP contribution in [0.3, 0.4) is 0 Å². The van der Waals surface area contributed by atoms with E-state index in [9.17, 15) is 23.5 Å². The van der Waals surface area contributed by atoms with Gasteiger partial charge < -0.3 is 15.7 Å². The molecule has 3 N–H and O–H groups in total. The van der Waals surface area contributed by atoms with Crippen LogP contribution >= 0.6 is 0 Å². The Bertz CT molecular complexity index is 748. The second-order valence-corrected chi connectivity index (χ2v) is 5.16. The van der Waals surface area contributed by atoms with E-state index in [-0.39, 0.29) is 17.9 Å². The first-order valence-electron chi connectivity index (χ1n) is 7.15. The minimum atomic E-state index is -1.18. The van der Waals surface area contributed by atoms with E-state index in [1.54, 1.807) is 24.3 Å². The van der Waals surface area contributed by atoms with Crippen molar-refractivity contribution in [3.05, 3.63) is 65.2 Å². The standard InChI is InChI=1S/C17H16F2N2O3/c1-10(22)11-2-5-13(6-3-11)21-17(24)20-9-16(23)12-4-7-14(18)15(19)8-12/h2-8,16,23H,9H2,1H3,(H2,20,21,24)/t16-/m0/s1. The maximum absolute atomic E-state index is 13.1. The second-order valence-electron chi connectivity index (χ2n) is 5.16. The van der Waals surface area contributed by atoms with Crippen LogP contribution in [-0.2, 0) is 0 Å². The highest BCUT2D eigenvalue weighted by Crippen LogP contribution is 2.16. The lowest BCUT2D eigenvalue weighted by Gasteiger charge is -2.13. The average Bonchev–Trinajstić information content (AvgIpc) is 2.55. The van der Waals surface area contributed by atoms with Gasteiger partial charge in [0.05, 0.1) is 6.10 Å². The molecule has 0 aliphatic rings. The molecule has 0 saturated heterocycles. The number of benzene rings is 2. The Morgan fingerprint density at radius 3 is 2.33 bits per heavy atom. The number of amides is 2. The lowest BCUT2D eigenvalue weighted by molar-refractivity contribution is 0.101. The third-order valence-electron chi connectivity index (χ3n) is 3.33. The summed E-state index contributed by atoms with van der Waals surface area (Å²) in [6.07, 6.45) is -1.18. The Balaban J connectivity index is 1.88. The van der Waals surface area contributed by atoms with E-state index in [0.29, 0.717) is 11.3 Å². The molecule has 0 spiro atoms. The Morgan fingerprint density at radius 1 is 1.08 bits per heavy atom. The number of urea groups is 1. The zero-order chi connectivity index (χ0) is 17.7. The van der Waals surface area contributed by atoms with Crippen LogP contribution in [-0.4, -0.2) is 23.5 Å². The van der Waals surface area contributed by atoms with Crippen LogP contribution in [0.2, 0.25) is 0 Å². The van der Waals surface area contributed by atoms with Crippen LogP contribution in [0.4, 0.5) is 19.3 Å². The van der Waals surface area contributed by atoms with Crippen LogP contribution in [0.1, 0.15) is 28.9 Å². The van der Waals surface area contributed by atoms with Crippen LogP contribution in [0.5, 0.6) is 0 Å². The van der Waals surface area contributed by atoms with Gasteiger partial charge in [-0.3, -0.25) is 4.79 Å². The van der Waals surface area contributed by atoms with Crippen molar-refractivity contribution < 1.29 is 23.5 Å². The number of hydrogen-bond acceptors (Lipinski definition) is 3. The fraction of sp³-hybridized carbons (Fsp3) is 0.176. The summed E-state index contributed by atoms with van der Waals surface area (Å²) >= 11 is 0. The van der Waals surface area contributed by atoms with Crippen molar-refractivity contribution in [2.24, 2.45) is 0 Å². The molecule has 0 unspecified atom stereocenters. The van der Waals surface area contributed by atoms with E-state index in [2.05, 4.69) is 10.6 Å². The predicted molar refractivity (Wildman–Crippen MR) is 84.8 cm³/mol. The van der Waals surface area contributed by atoms with Crippen LogP contribution in [0.25, 0.3) is 0 Å². The number of nitrogens with one attached hydrogen (secondary N) is 2. The third-order valence-corrected chi connectivity index (χ3v) is 3.33. The Kier molecular flexibility index (Phi) is 5.59. The first-order chi connectivity index (χ1) is 11.4. The van der Waals surface area contributed by atoms with Crippen molar-refractivity contribution in [3.63, 3.8) is 0 Å². The highest BCUT2D eigenvalue weighted by atomic mass is 19.2. The minimum absolute atomic E-state index is 0.0827. The quantitative estimate of drug-likeness (QED) is 0.736. The molecule has 2 amide bonds. The Labute approximate surface area is 137 Å². The van der Waals surface area contributed by atoms with Gasteiger partial charge in [-0.2, -0.15) is 0 Å². The van der Waals surface area contributed by atoms with Crippen molar-refractivity contribution in [2.75, 3.05) is 11.9 Å². The number of ketones is 1. The molecule has 0 heterocycles. The largest absolute Gasteiger partial charge is 0.387 e. The number of Topliss-reactive ketones (excluding diaryl/α,β-unsaturated/α-hetero) is 1. The fourth-order valence-electron chi connectivity index (χ4n) is 1.99. The maximum Gasteiger partial charge on any atom is 0.319 e. The summed E-state index contributed by atoms with van der Waals surface area (Å²) < 4.78 is 25.9. The normalized spacial score (nSPS) is 11.7. The van der Waals surface area contributed by atoms with Gasteiger partial charge in [0.1, 0.15) is 0 Å². The van der Waals surface area contributed by atoms with Gasteiger partial charge in [-0.15, -0.1) is 0 Å². The summed E-state index contributed by atoms with van der Waals surface area (Å²) in [7, 11) is 0. The average molecular weight is 334 g/mol. The number of aliphatic hydroxyl groups is 1. The Hall–Kier alpha value is -2.80. The number of hydrogen-bond donors (Lipinski definition) is 3. The minimum Gasteiger partial charge on any atom is -0.387 e. The lowest BCUT2D eigenvalue weighted by atomic mass is 10.1. The van der Waals surface area contributed by atoms with Crippen molar-refractivity contribution in [1.82, 2.24) is 5.32 Å². The zero-order valence-electron chi connectivity index (χ0n) is 12.8. The molecular weight excluding hydrogens is 318 g/mol. The maximum atomic E-state index is 13.1. The summed E-state index contributed by atoms with van der Waals surface area (Å²) in [6, 6.07) is 8.74. The smallest absolute Gasteiger partial charge is 0.319 e.